The van der Waals surface area contributed by atoms with Gasteiger partial charge in [-0.05, 0) is 12.5 Å². The molecular weight excluding hydrogens is 230 g/mol. The highest BCUT2D eigenvalue weighted by Crippen LogP contribution is 2.44. The van der Waals surface area contributed by atoms with Crippen molar-refractivity contribution in [3.63, 3.8) is 0 Å². The van der Waals surface area contributed by atoms with Gasteiger partial charge < -0.3 is 5.11 Å². The molecule has 72 valence electrons. The van der Waals surface area contributed by atoms with Gasteiger partial charge >= 0.3 is 0 Å². The van der Waals surface area contributed by atoms with Gasteiger partial charge in [-0.3, -0.25) is 0 Å². The van der Waals surface area contributed by atoms with E-state index in [0.717, 1.165) is 0 Å². The van der Waals surface area contributed by atoms with Crippen LogP contribution in [0.1, 0.15) is 12.5 Å². The Labute approximate surface area is 92.2 Å². The lowest BCUT2D eigenvalue weighted by molar-refractivity contribution is 0.0614. The van der Waals surface area contributed by atoms with Crippen LogP contribution < -0.4 is 0 Å². The van der Waals surface area contributed by atoms with Gasteiger partial charge in [0.05, 0.1) is 0 Å². The summed E-state index contributed by atoms with van der Waals surface area (Å²) < 4.78 is -1.73. The molecule has 1 unspecified atom stereocenters. The predicted octanol–water partition coefficient (Wildman–Crippen LogP) is 3.26. The molecule has 0 radical (unpaired) electrons. The third kappa shape index (κ3) is 2.29. The normalized spacial score (nSPS) is 16.7. The molecule has 4 heteroatoms. The van der Waals surface area contributed by atoms with E-state index < -0.39 is 9.39 Å². The molecule has 0 heterocycles. The Morgan fingerprint density at radius 1 is 1.08 bits per heavy atom. The number of aliphatic hydroxyl groups is 1. The van der Waals surface area contributed by atoms with Crippen molar-refractivity contribution in [2.75, 3.05) is 0 Å². The molecule has 1 atom stereocenters. The first kappa shape index (κ1) is 11.1. The molecule has 1 N–H and O–H groups in total. The lowest BCUT2D eigenvalue weighted by Crippen LogP contribution is -2.36. The summed E-state index contributed by atoms with van der Waals surface area (Å²) in [4.78, 5) is 0. The van der Waals surface area contributed by atoms with Crippen LogP contribution in [0.3, 0.4) is 0 Å². The Morgan fingerprint density at radius 3 is 1.92 bits per heavy atom. The van der Waals surface area contributed by atoms with Gasteiger partial charge in [-0.2, -0.15) is 0 Å². The molecule has 1 aromatic carbocycles. The Balaban J connectivity index is 3.08. The van der Waals surface area contributed by atoms with Gasteiger partial charge in [0.1, 0.15) is 5.60 Å². The van der Waals surface area contributed by atoms with Crippen LogP contribution >= 0.6 is 34.8 Å². The summed E-state index contributed by atoms with van der Waals surface area (Å²) in [7, 11) is 0. The van der Waals surface area contributed by atoms with Gasteiger partial charge in [0.2, 0.25) is 3.79 Å². The topological polar surface area (TPSA) is 20.2 Å². The van der Waals surface area contributed by atoms with Gasteiger partial charge in [-0.15, -0.1) is 0 Å². The Morgan fingerprint density at radius 2 is 1.54 bits per heavy atom. The molecule has 0 aromatic heterocycles. The molecule has 0 amide bonds. The third-order valence-electron chi connectivity index (χ3n) is 1.89. The summed E-state index contributed by atoms with van der Waals surface area (Å²) >= 11 is 16.9. The molecule has 0 fully saturated rings. The van der Waals surface area contributed by atoms with Crippen molar-refractivity contribution >= 4 is 34.8 Å². The van der Waals surface area contributed by atoms with Gasteiger partial charge in [0.25, 0.3) is 0 Å². The van der Waals surface area contributed by atoms with Crippen LogP contribution in [-0.2, 0) is 5.60 Å². The first-order chi connectivity index (χ1) is 5.86. The zero-order valence-corrected chi connectivity index (χ0v) is 9.24. The molecule has 13 heavy (non-hydrogen) atoms. The third-order valence-corrected chi connectivity index (χ3v) is 2.99. The Hall–Kier alpha value is 0.0500. The fourth-order valence-electron chi connectivity index (χ4n) is 0.926. The summed E-state index contributed by atoms with van der Waals surface area (Å²) in [6.45, 7) is 1.47. The van der Waals surface area contributed by atoms with Crippen molar-refractivity contribution in [2.24, 2.45) is 0 Å². The summed E-state index contributed by atoms with van der Waals surface area (Å²) in [5.41, 5.74) is -0.895. The van der Waals surface area contributed by atoms with Crippen LogP contribution in [-0.4, -0.2) is 8.90 Å². The fourth-order valence-corrected chi connectivity index (χ4v) is 1.25. The molecule has 0 aliphatic carbocycles. The summed E-state index contributed by atoms with van der Waals surface area (Å²) in [5.74, 6) is 0. The average Bonchev–Trinajstić information content (AvgIpc) is 2.04. The maximum Gasteiger partial charge on any atom is 0.222 e. The monoisotopic (exact) mass is 238 g/mol. The second-order valence-corrected chi connectivity index (χ2v) is 5.22. The molecule has 1 rings (SSSR count). The van der Waals surface area contributed by atoms with Crippen molar-refractivity contribution in [3.05, 3.63) is 35.9 Å². The minimum atomic E-state index is -1.73. The van der Waals surface area contributed by atoms with Crippen molar-refractivity contribution in [3.8, 4) is 0 Å². The standard InChI is InChI=1S/C9H9Cl3O/c1-8(13,9(10,11)12)7-5-3-2-4-6-7/h2-6,13H,1H3. The lowest BCUT2D eigenvalue weighted by atomic mass is 9.98. The van der Waals surface area contributed by atoms with Crippen molar-refractivity contribution in [1.29, 1.82) is 0 Å². The van der Waals surface area contributed by atoms with E-state index in [4.69, 9.17) is 34.8 Å². The van der Waals surface area contributed by atoms with Crippen LogP contribution in [0.2, 0.25) is 0 Å². The molecule has 1 nitrogen and oxygen atoms in total. The number of hydrogen-bond acceptors (Lipinski definition) is 1. The average molecular weight is 240 g/mol. The summed E-state index contributed by atoms with van der Waals surface area (Å²) in [6.07, 6.45) is 0. The SMILES string of the molecule is CC(O)(c1ccccc1)C(Cl)(Cl)Cl. The highest BCUT2D eigenvalue weighted by atomic mass is 35.6. The summed E-state index contributed by atoms with van der Waals surface area (Å²) in [5, 5.41) is 9.93. The molecule has 0 aliphatic rings. The van der Waals surface area contributed by atoms with Crippen molar-refractivity contribution in [1.82, 2.24) is 0 Å². The molecule has 0 saturated heterocycles. The van der Waals surface area contributed by atoms with Gasteiger partial charge in [-0.25, -0.2) is 0 Å². The fraction of sp³-hybridized carbons (Fsp3) is 0.333. The molecule has 0 aliphatic heterocycles. The van der Waals surface area contributed by atoms with E-state index in [9.17, 15) is 5.11 Å². The molecule has 0 bridgehead atoms. The number of alkyl halides is 3. The highest BCUT2D eigenvalue weighted by molar-refractivity contribution is 6.68. The maximum absolute atomic E-state index is 9.93. The maximum atomic E-state index is 9.93. The van der Waals surface area contributed by atoms with Crippen LogP contribution in [0.4, 0.5) is 0 Å². The largest absolute Gasteiger partial charge is 0.381 e. The number of rotatable bonds is 1. The predicted molar refractivity (Wildman–Crippen MR) is 56.3 cm³/mol. The van der Waals surface area contributed by atoms with Gasteiger partial charge in [0, 0.05) is 0 Å². The number of halogens is 3. The first-order valence-electron chi connectivity index (χ1n) is 3.70. The van der Waals surface area contributed by atoms with E-state index in [1.807, 2.05) is 6.07 Å². The van der Waals surface area contributed by atoms with E-state index in [-0.39, 0.29) is 0 Å². The van der Waals surface area contributed by atoms with Crippen LogP contribution in [0.25, 0.3) is 0 Å². The number of hydrogen-bond donors (Lipinski definition) is 1. The Kier molecular flexibility index (Phi) is 3.13. The van der Waals surface area contributed by atoms with E-state index in [2.05, 4.69) is 0 Å². The number of benzene rings is 1. The zero-order valence-electron chi connectivity index (χ0n) is 6.97. The van der Waals surface area contributed by atoms with E-state index >= 15 is 0 Å². The molecule has 0 saturated carbocycles. The van der Waals surface area contributed by atoms with E-state index in [0.29, 0.717) is 5.56 Å². The molecule has 0 spiro atoms. The smallest absolute Gasteiger partial charge is 0.222 e. The zero-order chi connectivity index (χ0) is 10.1. The molecular formula is C9H9Cl3O. The van der Waals surface area contributed by atoms with Crippen LogP contribution in [0.15, 0.2) is 30.3 Å². The quantitative estimate of drug-likeness (QED) is 0.746. The minimum Gasteiger partial charge on any atom is -0.381 e. The first-order valence-corrected chi connectivity index (χ1v) is 4.84. The van der Waals surface area contributed by atoms with Crippen molar-refractivity contribution < 1.29 is 5.11 Å². The second-order valence-electron chi connectivity index (χ2n) is 2.94. The van der Waals surface area contributed by atoms with Gasteiger partial charge in [0.15, 0.2) is 0 Å². The molecule has 1 aromatic rings. The van der Waals surface area contributed by atoms with E-state index in [1.54, 1.807) is 24.3 Å². The highest BCUT2D eigenvalue weighted by Gasteiger charge is 2.44. The van der Waals surface area contributed by atoms with E-state index in [1.165, 1.54) is 6.92 Å². The minimum absolute atomic E-state index is 0.579. The van der Waals surface area contributed by atoms with Gasteiger partial charge in [-0.1, -0.05) is 65.1 Å². The Bertz CT molecular complexity index is 277. The lowest BCUT2D eigenvalue weighted by Gasteiger charge is -2.31. The van der Waals surface area contributed by atoms with Crippen LogP contribution in [0, 0.1) is 0 Å². The van der Waals surface area contributed by atoms with Crippen molar-refractivity contribution in [2.45, 2.75) is 16.3 Å². The second kappa shape index (κ2) is 3.66. The van der Waals surface area contributed by atoms with Crippen LogP contribution in [0.5, 0.6) is 0 Å². The summed E-state index contributed by atoms with van der Waals surface area (Å²) in [6, 6.07) is 8.81.